The van der Waals surface area contributed by atoms with E-state index in [0.717, 1.165) is 35.4 Å². The quantitative estimate of drug-likeness (QED) is 0.892. The van der Waals surface area contributed by atoms with Crippen LogP contribution in [0.4, 0.5) is 0 Å². The van der Waals surface area contributed by atoms with Crippen LogP contribution in [0.15, 0.2) is 18.2 Å². The summed E-state index contributed by atoms with van der Waals surface area (Å²) >= 11 is 0. The molecule has 0 bridgehead atoms. The summed E-state index contributed by atoms with van der Waals surface area (Å²) in [5, 5.41) is 3.13. The average Bonchev–Trinajstić information content (AvgIpc) is 3.46. The second-order valence-corrected chi connectivity index (χ2v) is 7.36. The summed E-state index contributed by atoms with van der Waals surface area (Å²) in [6, 6.07) is 5.45. The second-order valence-electron chi connectivity index (χ2n) is 7.36. The van der Waals surface area contributed by atoms with E-state index in [1.165, 1.54) is 12.8 Å². The van der Waals surface area contributed by atoms with Crippen molar-refractivity contribution in [3.8, 4) is 0 Å². The number of hydrogen-bond acceptors (Lipinski definition) is 5. The highest BCUT2D eigenvalue weighted by molar-refractivity contribution is 5.97. The molecule has 4 rings (SSSR count). The number of aromatic nitrogens is 2. The van der Waals surface area contributed by atoms with Crippen molar-refractivity contribution in [2.75, 3.05) is 19.8 Å². The van der Waals surface area contributed by atoms with Gasteiger partial charge in [0.15, 0.2) is 0 Å². The van der Waals surface area contributed by atoms with Crippen molar-refractivity contribution in [1.29, 1.82) is 0 Å². The van der Waals surface area contributed by atoms with E-state index in [1.54, 1.807) is 6.07 Å². The van der Waals surface area contributed by atoms with Crippen molar-refractivity contribution < 1.29 is 14.3 Å². The predicted octanol–water partition coefficient (Wildman–Crippen LogP) is 2.56. The van der Waals surface area contributed by atoms with Crippen LogP contribution < -0.4 is 5.32 Å². The topological polar surface area (TPSA) is 73.3 Å². The van der Waals surface area contributed by atoms with E-state index >= 15 is 0 Å². The molecule has 1 saturated heterocycles. The van der Waals surface area contributed by atoms with Gasteiger partial charge in [0.2, 0.25) is 0 Å². The van der Waals surface area contributed by atoms with Crippen LogP contribution in [0, 0.1) is 19.8 Å². The van der Waals surface area contributed by atoms with Gasteiger partial charge in [0, 0.05) is 18.8 Å². The number of nitrogens with one attached hydrogen (secondary N) is 1. The zero-order valence-electron chi connectivity index (χ0n) is 15.3. The van der Waals surface area contributed by atoms with Gasteiger partial charge < -0.3 is 14.8 Å². The molecule has 26 heavy (non-hydrogen) atoms. The fourth-order valence-electron chi connectivity index (χ4n) is 3.21. The van der Waals surface area contributed by atoms with Gasteiger partial charge in [0.05, 0.1) is 35.1 Å². The molecule has 2 aliphatic rings. The van der Waals surface area contributed by atoms with Crippen LogP contribution in [0.1, 0.15) is 41.0 Å². The minimum Gasteiger partial charge on any atom is -0.379 e. The molecule has 0 radical (unpaired) electrons. The highest BCUT2D eigenvalue weighted by Gasteiger charge is 2.31. The normalized spacial score (nSPS) is 23.2. The van der Waals surface area contributed by atoms with Gasteiger partial charge in [-0.1, -0.05) is 0 Å². The number of fused-ring (bicyclic) bond motifs is 1. The number of carbonyl (C=O) groups excluding carboxylic acids is 1. The molecule has 1 aliphatic heterocycles. The summed E-state index contributed by atoms with van der Waals surface area (Å²) in [5.74, 6) is 0.595. The molecule has 2 fully saturated rings. The molecule has 1 aliphatic carbocycles. The molecule has 1 saturated carbocycles. The van der Waals surface area contributed by atoms with Gasteiger partial charge in [-0.25, -0.2) is 9.97 Å². The molecular weight excluding hydrogens is 330 g/mol. The van der Waals surface area contributed by atoms with Gasteiger partial charge in [0.25, 0.3) is 5.91 Å². The minimum atomic E-state index is -0.0983. The van der Waals surface area contributed by atoms with Crippen LogP contribution in [0.5, 0.6) is 0 Å². The molecule has 6 heteroatoms. The zero-order chi connectivity index (χ0) is 18.1. The first-order valence-electron chi connectivity index (χ1n) is 9.35. The first kappa shape index (κ1) is 17.4. The summed E-state index contributed by atoms with van der Waals surface area (Å²) < 4.78 is 11.5. The number of amides is 1. The molecular formula is C20H25N3O3. The second kappa shape index (κ2) is 7.29. The number of hydrogen-bond donors (Lipinski definition) is 1. The van der Waals surface area contributed by atoms with Crippen molar-refractivity contribution in [2.24, 2.45) is 5.92 Å². The van der Waals surface area contributed by atoms with Gasteiger partial charge in [-0.3, -0.25) is 4.79 Å². The Balaban J connectivity index is 1.47. The molecule has 1 amide bonds. The van der Waals surface area contributed by atoms with E-state index in [4.69, 9.17) is 9.47 Å². The predicted molar refractivity (Wildman–Crippen MR) is 98.2 cm³/mol. The lowest BCUT2D eigenvalue weighted by atomic mass is 10.0. The average molecular weight is 355 g/mol. The number of nitrogens with zero attached hydrogens (tertiary/aromatic N) is 2. The Bertz CT molecular complexity index is 819. The highest BCUT2D eigenvalue weighted by Crippen LogP contribution is 2.30. The first-order valence-corrected chi connectivity index (χ1v) is 9.35. The Labute approximate surface area is 153 Å². The fraction of sp³-hybridized carbons (Fsp3) is 0.550. The van der Waals surface area contributed by atoms with E-state index in [-0.39, 0.29) is 18.1 Å². The molecule has 138 valence electrons. The minimum absolute atomic E-state index is 0.0171. The Hall–Kier alpha value is -2.05. The van der Waals surface area contributed by atoms with Crippen LogP contribution in [0.3, 0.4) is 0 Å². The zero-order valence-corrected chi connectivity index (χ0v) is 15.3. The van der Waals surface area contributed by atoms with Crippen molar-refractivity contribution in [2.45, 2.75) is 45.3 Å². The van der Waals surface area contributed by atoms with Gasteiger partial charge >= 0.3 is 0 Å². The maximum absolute atomic E-state index is 12.7. The maximum Gasteiger partial charge on any atom is 0.251 e. The summed E-state index contributed by atoms with van der Waals surface area (Å²) in [7, 11) is 0. The third-order valence-electron chi connectivity index (χ3n) is 5.20. The van der Waals surface area contributed by atoms with Gasteiger partial charge in [0.1, 0.15) is 6.10 Å². The van der Waals surface area contributed by atoms with E-state index < -0.39 is 0 Å². The maximum atomic E-state index is 12.7. The Morgan fingerprint density at radius 3 is 2.73 bits per heavy atom. The molecule has 2 heterocycles. The van der Waals surface area contributed by atoms with Crippen LogP contribution in [0.2, 0.25) is 0 Å². The molecule has 6 nitrogen and oxygen atoms in total. The van der Waals surface area contributed by atoms with Crippen molar-refractivity contribution in [3.05, 3.63) is 35.2 Å². The van der Waals surface area contributed by atoms with Gasteiger partial charge in [-0.05, 0) is 57.2 Å². The van der Waals surface area contributed by atoms with E-state index in [9.17, 15) is 4.79 Å². The summed E-state index contributed by atoms with van der Waals surface area (Å²) in [6.07, 6.45) is 3.20. The standard InChI is InChI=1S/C20H25N3O3/c1-12-13(2)22-18-9-15(5-6-16(18)21-12)20(24)23-17-7-8-25-11-19(17)26-10-14-3-4-14/h5-6,9,14,17,19H,3-4,7-8,10-11H2,1-2H3,(H,23,24)/t17-,19-/m1/s1. The lowest BCUT2D eigenvalue weighted by molar-refractivity contribution is -0.0697. The van der Waals surface area contributed by atoms with E-state index in [1.807, 2.05) is 26.0 Å². The summed E-state index contributed by atoms with van der Waals surface area (Å²) in [4.78, 5) is 21.8. The number of rotatable bonds is 5. The molecule has 1 aromatic heterocycles. The van der Waals surface area contributed by atoms with Gasteiger partial charge in [-0.2, -0.15) is 0 Å². The van der Waals surface area contributed by atoms with Crippen molar-refractivity contribution in [1.82, 2.24) is 15.3 Å². The third-order valence-corrected chi connectivity index (χ3v) is 5.20. The SMILES string of the molecule is Cc1nc2ccc(C(=O)N[C@@H]3CCOC[C@H]3OCC3CC3)cc2nc1C. The molecule has 0 unspecified atom stereocenters. The van der Waals surface area contributed by atoms with Crippen molar-refractivity contribution in [3.63, 3.8) is 0 Å². The van der Waals surface area contributed by atoms with Crippen LogP contribution >= 0.6 is 0 Å². The first-order chi connectivity index (χ1) is 12.6. The molecule has 1 aromatic carbocycles. The molecule has 2 aromatic rings. The largest absolute Gasteiger partial charge is 0.379 e. The number of aryl methyl sites for hydroxylation is 2. The van der Waals surface area contributed by atoms with Crippen LogP contribution in [-0.2, 0) is 9.47 Å². The highest BCUT2D eigenvalue weighted by atomic mass is 16.5. The fourth-order valence-corrected chi connectivity index (χ4v) is 3.21. The van der Waals surface area contributed by atoms with Crippen LogP contribution in [0.25, 0.3) is 11.0 Å². The lowest BCUT2D eigenvalue weighted by Crippen LogP contribution is -2.50. The van der Waals surface area contributed by atoms with E-state index in [2.05, 4.69) is 15.3 Å². The van der Waals surface area contributed by atoms with Crippen LogP contribution in [-0.4, -0.2) is 47.8 Å². The van der Waals surface area contributed by atoms with Crippen molar-refractivity contribution >= 4 is 16.9 Å². The Morgan fingerprint density at radius 1 is 1.19 bits per heavy atom. The number of carbonyl (C=O) groups is 1. The molecule has 2 atom stereocenters. The summed E-state index contributed by atoms with van der Waals surface area (Å²) in [5.41, 5.74) is 3.94. The Kier molecular flexibility index (Phi) is 4.87. The Morgan fingerprint density at radius 2 is 1.96 bits per heavy atom. The summed E-state index contributed by atoms with van der Waals surface area (Å²) in [6.45, 7) is 5.83. The number of ether oxygens (including phenoxy) is 2. The third kappa shape index (κ3) is 3.86. The molecule has 1 N–H and O–H groups in total. The number of benzene rings is 1. The monoisotopic (exact) mass is 355 g/mol. The van der Waals surface area contributed by atoms with Gasteiger partial charge in [-0.15, -0.1) is 0 Å². The smallest absolute Gasteiger partial charge is 0.251 e. The lowest BCUT2D eigenvalue weighted by Gasteiger charge is -2.32. The molecule has 0 spiro atoms. The van der Waals surface area contributed by atoms with E-state index in [0.29, 0.717) is 24.7 Å².